The third-order valence-electron chi connectivity index (χ3n) is 2.06. The lowest BCUT2D eigenvalue weighted by atomic mass is 10.3. The molecule has 0 aliphatic carbocycles. The average molecular weight is 233 g/mol. The van der Waals surface area contributed by atoms with Gasteiger partial charge in [0.05, 0.1) is 11.5 Å². The van der Waals surface area contributed by atoms with Crippen LogP contribution in [0.2, 0.25) is 0 Å². The summed E-state index contributed by atoms with van der Waals surface area (Å²) in [5, 5.41) is 8.78. The van der Waals surface area contributed by atoms with Gasteiger partial charge in [-0.2, -0.15) is 0 Å². The first-order valence-corrected chi connectivity index (χ1v) is 5.81. The summed E-state index contributed by atoms with van der Waals surface area (Å²) in [5.74, 6) is -0.559. The van der Waals surface area contributed by atoms with Gasteiger partial charge in [-0.3, -0.25) is 4.90 Å². The SMILES string of the molecule is CC(C)OC(=O)N1C(C)SCC1C(=O)O. The van der Waals surface area contributed by atoms with E-state index in [1.807, 2.05) is 0 Å². The largest absolute Gasteiger partial charge is 0.480 e. The first kappa shape index (κ1) is 12.2. The van der Waals surface area contributed by atoms with E-state index in [1.54, 1.807) is 20.8 Å². The van der Waals surface area contributed by atoms with Gasteiger partial charge >= 0.3 is 12.1 Å². The molecule has 0 bridgehead atoms. The Bertz CT molecular complexity index is 269. The minimum absolute atomic E-state index is 0.141. The number of aliphatic carboxylic acids is 1. The van der Waals surface area contributed by atoms with E-state index in [-0.39, 0.29) is 11.5 Å². The van der Waals surface area contributed by atoms with E-state index >= 15 is 0 Å². The molecule has 0 radical (unpaired) electrons. The highest BCUT2D eigenvalue weighted by Gasteiger charge is 2.40. The lowest BCUT2D eigenvalue weighted by molar-refractivity contribution is -0.141. The van der Waals surface area contributed by atoms with Gasteiger partial charge in [-0.15, -0.1) is 11.8 Å². The number of carbonyl (C=O) groups is 2. The van der Waals surface area contributed by atoms with E-state index in [4.69, 9.17) is 9.84 Å². The molecule has 5 nitrogen and oxygen atoms in total. The van der Waals surface area contributed by atoms with Crippen molar-refractivity contribution in [3.05, 3.63) is 0 Å². The van der Waals surface area contributed by atoms with Crippen LogP contribution in [0.1, 0.15) is 20.8 Å². The minimum Gasteiger partial charge on any atom is -0.480 e. The zero-order valence-electron chi connectivity index (χ0n) is 8.97. The summed E-state index contributed by atoms with van der Waals surface area (Å²) in [6.07, 6.45) is -0.778. The summed E-state index contributed by atoms with van der Waals surface area (Å²) < 4.78 is 5.00. The molecule has 1 N–H and O–H groups in total. The van der Waals surface area contributed by atoms with Crippen LogP contribution in [0.15, 0.2) is 0 Å². The molecule has 1 aliphatic rings. The number of nitrogens with zero attached hydrogens (tertiary/aromatic N) is 1. The topological polar surface area (TPSA) is 66.8 Å². The van der Waals surface area contributed by atoms with E-state index in [1.165, 1.54) is 16.7 Å². The van der Waals surface area contributed by atoms with Crippen molar-refractivity contribution in [2.45, 2.75) is 38.3 Å². The molecule has 1 saturated heterocycles. The number of ether oxygens (including phenoxy) is 1. The van der Waals surface area contributed by atoms with Crippen LogP contribution in [0.5, 0.6) is 0 Å². The molecule has 86 valence electrons. The Morgan fingerprint density at radius 1 is 1.53 bits per heavy atom. The third-order valence-corrected chi connectivity index (χ3v) is 3.27. The van der Waals surface area contributed by atoms with Crippen molar-refractivity contribution in [1.29, 1.82) is 0 Å². The summed E-state index contributed by atoms with van der Waals surface area (Å²) in [7, 11) is 0. The molecular formula is C9H15NO4S. The molecule has 1 fully saturated rings. The van der Waals surface area contributed by atoms with E-state index in [0.29, 0.717) is 5.75 Å². The van der Waals surface area contributed by atoms with Crippen LogP contribution < -0.4 is 0 Å². The van der Waals surface area contributed by atoms with Crippen LogP contribution in [-0.4, -0.2) is 45.3 Å². The predicted molar refractivity (Wildman–Crippen MR) is 56.8 cm³/mol. The lowest BCUT2D eigenvalue weighted by Gasteiger charge is -2.25. The second kappa shape index (κ2) is 4.74. The van der Waals surface area contributed by atoms with E-state index in [2.05, 4.69) is 0 Å². The van der Waals surface area contributed by atoms with E-state index in [9.17, 15) is 9.59 Å². The van der Waals surface area contributed by atoms with Gasteiger partial charge in [0, 0.05) is 5.75 Å². The second-order valence-electron chi connectivity index (χ2n) is 3.63. The Hall–Kier alpha value is -0.910. The fourth-order valence-corrected chi connectivity index (χ4v) is 2.53. The molecule has 0 aromatic rings. The number of rotatable bonds is 2. The van der Waals surface area contributed by atoms with Crippen molar-refractivity contribution in [2.75, 3.05) is 5.75 Å². The van der Waals surface area contributed by atoms with Crippen molar-refractivity contribution < 1.29 is 19.4 Å². The summed E-state index contributed by atoms with van der Waals surface area (Å²) in [6, 6.07) is -0.767. The van der Waals surface area contributed by atoms with Gasteiger partial charge in [-0.1, -0.05) is 0 Å². The molecule has 2 atom stereocenters. The van der Waals surface area contributed by atoms with Gasteiger partial charge in [0.2, 0.25) is 0 Å². The monoisotopic (exact) mass is 233 g/mol. The highest BCUT2D eigenvalue weighted by Crippen LogP contribution is 2.29. The molecule has 0 aromatic carbocycles. The normalized spacial score (nSPS) is 25.7. The minimum atomic E-state index is -0.979. The molecular weight excluding hydrogens is 218 g/mol. The Morgan fingerprint density at radius 3 is 2.60 bits per heavy atom. The maximum atomic E-state index is 11.6. The molecule has 1 heterocycles. The van der Waals surface area contributed by atoms with Crippen LogP contribution in [0.3, 0.4) is 0 Å². The van der Waals surface area contributed by atoms with Gasteiger partial charge in [0.1, 0.15) is 6.04 Å². The molecule has 1 amide bonds. The highest BCUT2D eigenvalue weighted by atomic mass is 32.2. The number of thioether (sulfide) groups is 1. The van der Waals surface area contributed by atoms with Crippen molar-refractivity contribution in [3.63, 3.8) is 0 Å². The number of amides is 1. The molecule has 1 aliphatic heterocycles. The predicted octanol–water partition coefficient (Wildman–Crippen LogP) is 1.38. The van der Waals surface area contributed by atoms with E-state index < -0.39 is 18.1 Å². The van der Waals surface area contributed by atoms with Crippen molar-refractivity contribution >= 4 is 23.8 Å². The summed E-state index contributed by atoms with van der Waals surface area (Å²) >= 11 is 1.44. The Kier molecular flexibility index (Phi) is 3.84. The van der Waals surface area contributed by atoms with Crippen LogP contribution in [0, 0.1) is 0 Å². The number of carboxylic acid groups (broad SMARTS) is 1. The number of carboxylic acids is 1. The summed E-state index contributed by atoms with van der Waals surface area (Å²) in [6.45, 7) is 5.28. The molecule has 6 heteroatoms. The fraction of sp³-hybridized carbons (Fsp3) is 0.778. The Morgan fingerprint density at radius 2 is 2.13 bits per heavy atom. The molecule has 0 saturated carbocycles. The van der Waals surface area contributed by atoms with Crippen molar-refractivity contribution in [1.82, 2.24) is 4.90 Å². The molecule has 0 aromatic heterocycles. The summed E-state index contributed by atoms with van der Waals surface area (Å²) in [5.41, 5.74) is 0. The standard InChI is InChI=1S/C9H15NO4S/c1-5(2)14-9(13)10-6(3)15-4-7(10)8(11)12/h5-7H,4H2,1-3H3,(H,11,12). The Balaban J connectivity index is 2.71. The Labute approximate surface area is 92.8 Å². The molecule has 1 rings (SSSR count). The zero-order valence-corrected chi connectivity index (χ0v) is 9.78. The molecule has 0 spiro atoms. The number of hydrogen-bond acceptors (Lipinski definition) is 4. The van der Waals surface area contributed by atoms with Gasteiger partial charge < -0.3 is 9.84 Å². The van der Waals surface area contributed by atoms with Gasteiger partial charge in [-0.05, 0) is 20.8 Å². The fourth-order valence-electron chi connectivity index (χ4n) is 1.37. The van der Waals surface area contributed by atoms with Gasteiger partial charge in [0.15, 0.2) is 0 Å². The zero-order chi connectivity index (χ0) is 11.6. The van der Waals surface area contributed by atoms with Gasteiger partial charge in [0.25, 0.3) is 0 Å². The highest BCUT2D eigenvalue weighted by molar-refractivity contribution is 8.00. The van der Waals surface area contributed by atoms with Crippen molar-refractivity contribution in [2.24, 2.45) is 0 Å². The quantitative estimate of drug-likeness (QED) is 0.780. The number of carbonyl (C=O) groups excluding carboxylic acids is 1. The maximum Gasteiger partial charge on any atom is 0.411 e. The summed E-state index contributed by atoms with van der Waals surface area (Å²) in [4.78, 5) is 23.8. The molecule has 2 unspecified atom stereocenters. The van der Waals surface area contributed by atoms with Crippen LogP contribution in [0.4, 0.5) is 4.79 Å². The first-order chi connectivity index (χ1) is 6.93. The first-order valence-electron chi connectivity index (χ1n) is 4.77. The second-order valence-corrected chi connectivity index (χ2v) is 4.98. The van der Waals surface area contributed by atoms with Gasteiger partial charge in [-0.25, -0.2) is 9.59 Å². The maximum absolute atomic E-state index is 11.6. The smallest absolute Gasteiger partial charge is 0.411 e. The lowest BCUT2D eigenvalue weighted by Crippen LogP contribution is -2.45. The van der Waals surface area contributed by atoms with Crippen molar-refractivity contribution in [3.8, 4) is 0 Å². The third kappa shape index (κ3) is 2.77. The van der Waals surface area contributed by atoms with Crippen LogP contribution in [-0.2, 0) is 9.53 Å². The molecule has 15 heavy (non-hydrogen) atoms. The average Bonchev–Trinajstić information content (AvgIpc) is 2.45. The van der Waals surface area contributed by atoms with Crippen LogP contribution >= 0.6 is 11.8 Å². The van der Waals surface area contributed by atoms with E-state index in [0.717, 1.165) is 0 Å². The van der Waals surface area contributed by atoms with Crippen LogP contribution in [0.25, 0.3) is 0 Å². The number of hydrogen-bond donors (Lipinski definition) is 1.